The molecule has 0 saturated heterocycles. The third-order valence-electron chi connectivity index (χ3n) is 2.70. The van der Waals surface area contributed by atoms with Gasteiger partial charge in [-0.3, -0.25) is 0 Å². The molecule has 2 unspecified atom stereocenters. The fourth-order valence-corrected chi connectivity index (χ4v) is 1.99. The lowest BCUT2D eigenvalue weighted by Crippen LogP contribution is -2.18. The molecule has 15 heavy (non-hydrogen) atoms. The number of methoxy groups -OCH3 is 1. The summed E-state index contributed by atoms with van der Waals surface area (Å²) in [6.07, 6.45) is 3.63. The highest BCUT2D eigenvalue weighted by molar-refractivity contribution is 6.29. The van der Waals surface area contributed by atoms with Crippen LogP contribution in [0, 0.1) is 0 Å². The van der Waals surface area contributed by atoms with Crippen LogP contribution in [-0.2, 0) is 4.74 Å². The van der Waals surface area contributed by atoms with Crippen LogP contribution in [-0.4, -0.2) is 29.5 Å². The van der Waals surface area contributed by atoms with Crippen molar-refractivity contribution in [1.82, 2.24) is 10.2 Å². The molecule has 1 N–H and O–H groups in total. The predicted molar refractivity (Wildman–Crippen MR) is 59.1 cm³/mol. The van der Waals surface area contributed by atoms with Gasteiger partial charge in [-0.1, -0.05) is 11.6 Å². The lowest BCUT2D eigenvalue weighted by molar-refractivity contribution is 0.108. The maximum atomic E-state index is 5.65. The van der Waals surface area contributed by atoms with Crippen molar-refractivity contribution in [2.24, 2.45) is 0 Å². The average molecular weight is 228 g/mol. The van der Waals surface area contributed by atoms with Gasteiger partial charge < -0.3 is 10.1 Å². The highest BCUT2D eigenvalue weighted by Crippen LogP contribution is 2.24. The highest BCUT2D eigenvalue weighted by atomic mass is 35.5. The number of halogens is 1. The molecule has 1 fully saturated rings. The third kappa shape index (κ3) is 2.79. The van der Waals surface area contributed by atoms with Crippen molar-refractivity contribution in [3.8, 4) is 0 Å². The molecule has 1 heterocycles. The number of nitrogens with zero attached hydrogens (tertiary/aromatic N) is 2. The topological polar surface area (TPSA) is 47.0 Å². The van der Waals surface area contributed by atoms with E-state index < -0.39 is 0 Å². The zero-order valence-electron chi connectivity index (χ0n) is 8.61. The molecule has 82 valence electrons. The molecule has 0 radical (unpaired) electrons. The Morgan fingerprint density at radius 1 is 1.40 bits per heavy atom. The van der Waals surface area contributed by atoms with Gasteiger partial charge in [0.1, 0.15) is 5.82 Å². The molecule has 0 amide bonds. The van der Waals surface area contributed by atoms with E-state index in [9.17, 15) is 0 Å². The van der Waals surface area contributed by atoms with Crippen LogP contribution >= 0.6 is 11.6 Å². The van der Waals surface area contributed by atoms with Crippen LogP contribution < -0.4 is 5.32 Å². The third-order valence-corrected chi connectivity index (χ3v) is 2.90. The van der Waals surface area contributed by atoms with Crippen LogP contribution in [0.3, 0.4) is 0 Å². The summed E-state index contributed by atoms with van der Waals surface area (Å²) in [5.41, 5.74) is 0. The Morgan fingerprint density at radius 2 is 2.27 bits per heavy atom. The van der Waals surface area contributed by atoms with Crippen molar-refractivity contribution in [3.05, 3.63) is 17.3 Å². The van der Waals surface area contributed by atoms with E-state index in [1.54, 1.807) is 13.2 Å². The van der Waals surface area contributed by atoms with Gasteiger partial charge in [0, 0.05) is 13.2 Å². The van der Waals surface area contributed by atoms with Gasteiger partial charge in [0.15, 0.2) is 5.15 Å². The van der Waals surface area contributed by atoms with Gasteiger partial charge in [-0.25, -0.2) is 0 Å². The van der Waals surface area contributed by atoms with Crippen molar-refractivity contribution in [2.75, 3.05) is 12.4 Å². The van der Waals surface area contributed by atoms with E-state index in [1.165, 1.54) is 0 Å². The van der Waals surface area contributed by atoms with Crippen LogP contribution in [0.25, 0.3) is 0 Å². The zero-order valence-corrected chi connectivity index (χ0v) is 9.37. The molecular formula is C10H14ClN3O. The summed E-state index contributed by atoms with van der Waals surface area (Å²) >= 11 is 5.65. The number of anilines is 1. The number of nitrogens with one attached hydrogen (secondary N) is 1. The van der Waals surface area contributed by atoms with E-state index in [4.69, 9.17) is 16.3 Å². The normalized spacial score (nSPS) is 25.5. The van der Waals surface area contributed by atoms with Gasteiger partial charge in [0.2, 0.25) is 0 Å². The molecule has 1 aliphatic rings. The molecule has 1 aliphatic carbocycles. The fraction of sp³-hybridized carbons (Fsp3) is 0.600. The quantitative estimate of drug-likeness (QED) is 0.859. The van der Waals surface area contributed by atoms with E-state index in [-0.39, 0.29) is 0 Å². The van der Waals surface area contributed by atoms with Crippen LogP contribution in [0.15, 0.2) is 12.1 Å². The first-order chi connectivity index (χ1) is 7.28. The molecule has 2 rings (SSSR count). The number of aromatic nitrogens is 2. The molecule has 4 nitrogen and oxygen atoms in total. The van der Waals surface area contributed by atoms with Crippen molar-refractivity contribution in [2.45, 2.75) is 31.4 Å². The molecule has 1 aromatic rings. The minimum absolute atomic E-state index is 0.378. The first-order valence-electron chi connectivity index (χ1n) is 5.06. The first kappa shape index (κ1) is 10.6. The SMILES string of the molecule is COC1CCC(Nc2ccc(Cl)nn2)C1. The van der Waals surface area contributed by atoms with Crippen LogP contribution in [0.2, 0.25) is 5.15 Å². The highest BCUT2D eigenvalue weighted by Gasteiger charge is 2.24. The van der Waals surface area contributed by atoms with Crippen molar-refractivity contribution in [3.63, 3.8) is 0 Å². The van der Waals surface area contributed by atoms with Crippen molar-refractivity contribution < 1.29 is 4.74 Å². The monoisotopic (exact) mass is 227 g/mol. The van der Waals surface area contributed by atoms with Crippen LogP contribution in [0.5, 0.6) is 0 Å². The zero-order chi connectivity index (χ0) is 10.7. The summed E-state index contributed by atoms with van der Waals surface area (Å²) in [5, 5.41) is 11.5. The van der Waals surface area contributed by atoms with Gasteiger partial charge in [-0.15, -0.1) is 10.2 Å². The second-order valence-corrected chi connectivity index (χ2v) is 4.14. The molecule has 0 aliphatic heterocycles. The fourth-order valence-electron chi connectivity index (χ4n) is 1.89. The van der Waals surface area contributed by atoms with Gasteiger partial charge >= 0.3 is 0 Å². The minimum Gasteiger partial charge on any atom is -0.381 e. The number of hydrogen-bond acceptors (Lipinski definition) is 4. The second-order valence-electron chi connectivity index (χ2n) is 3.75. The maximum absolute atomic E-state index is 5.65. The second kappa shape index (κ2) is 4.77. The van der Waals surface area contributed by atoms with E-state index in [0.29, 0.717) is 17.3 Å². The molecule has 1 saturated carbocycles. The molecule has 5 heteroatoms. The number of hydrogen-bond donors (Lipinski definition) is 1. The summed E-state index contributed by atoms with van der Waals surface area (Å²) in [4.78, 5) is 0. The Morgan fingerprint density at radius 3 is 2.87 bits per heavy atom. The van der Waals surface area contributed by atoms with Crippen molar-refractivity contribution in [1.29, 1.82) is 0 Å². The summed E-state index contributed by atoms with van der Waals surface area (Å²) in [6, 6.07) is 4.01. The Labute approximate surface area is 94.0 Å². The van der Waals surface area contributed by atoms with E-state index in [1.807, 2.05) is 6.07 Å². The molecule has 2 atom stereocenters. The molecule has 1 aromatic heterocycles. The Hall–Kier alpha value is -0.870. The molecular weight excluding hydrogens is 214 g/mol. The maximum Gasteiger partial charge on any atom is 0.151 e. The van der Waals surface area contributed by atoms with Crippen molar-refractivity contribution >= 4 is 17.4 Å². The number of rotatable bonds is 3. The summed E-state index contributed by atoms with van der Waals surface area (Å²) < 4.78 is 5.30. The molecule has 0 aromatic carbocycles. The predicted octanol–water partition coefficient (Wildman–Crippen LogP) is 2.11. The van der Waals surface area contributed by atoms with Gasteiger partial charge in [-0.2, -0.15) is 0 Å². The van der Waals surface area contributed by atoms with Gasteiger partial charge in [0.05, 0.1) is 6.10 Å². The Balaban J connectivity index is 1.90. The first-order valence-corrected chi connectivity index (χ1v) is 5.44. The Kier molecular flexibility index (Phi) is 3.38. The van der Waals surface area contributed by atoms with Gasteiger partial charge in [0.25, 0.3) is 0 Å². The summed E-state index contributed by atoms with van der Waals surface area (Å²) in [7, 11) is 1.76. The Bertz CT molecular complexity index is 317. The number of ether oxygens (including phenoxy) is 1. The lowest BCUT2D eigenvalue weighted by Gasteiger charge is -2.12. The minimum atomic E-state index is 0.378. The van der Waals surface area contributed by atoms with Crippen LogP contribution in [0.4, 0.5) is 5.82 Å². The molecule has 0 spiro atoms. The lowest BCUT2D eigenvalue weighted by atomic mass is 10.2. The van der Waals surface area contributed by atoms with E-state index in [0.717, 1.165) is 25.1 Å². The standard InChI is InChI=1S/C10H14ClN3O/c1-15-8-3-2-7(6-8)12-10-5-4-9(11)13-14-10/h4-5,7-8H,2-3,6H2,1H3,(H,12,14). The van der Waals surface area contributed by atoms with E-state index >= 15 is 0 Å². The summed E-state index contributed by atoms with van der Waals surface area (Å²) in [5.74, 6) is 0.779. The van der Waals surface area contributed by atoms with Crippen LogP contribution in [0.1, 0.15) is 19.3 Å². The summed E-state index contributed by atoms with van der Waals surface area (Å²) in [6.45, 7) is 0. The smallest absolute Gasteiger partial charge is 0.151 e. The van der Waals surface area contributed by atoms with Gasteiger partial charge in [-0.05, 0) is 31.4 Å². The largest absolute Gasteiger partial charge is 0.381 e. The average Bonchev–Trinajstić information content (AvgIpc) is 2.69. The van der Waals surface area contributed by atoms with E-state index in [2.05, 4.69) is 15.5 Å². The molecule has 0 bridgehead atoms.